The third-order valence-corrected chi connectivity index (χ3v) is 5.57. The van der Waals surface area contributed by atoms with Crippen molar-refractivity contribution in [3.8, 4) is 0 Å². The molecule has 2 fully saturated rings. The van der Waals surface area contributed by atoms with Gasteiger partial charge in [0, 0.05) is 11.8 Å². The molecule has 0 amide bonds. The number of carbonyl (C=O) groups excluding carboxylic acids is 1. The average molecular weight is 454 g/mol. The molecule has 0 radical (unpaired) electrons. The Bertz CT molecular complexity index is 1220. The Morgan fingerprint density at radius 1 is 1.10 bits per heavy atom. The maximum absolute atomic E-state index is 14.6. The first-order chi connectivity index (χ1) is 14.7. The van der Waals surface area contributed by atoms with Crippen molar-refractivity contribution in [3.63, 3.8) is 0 Å². The average Bonchev–Trinajstić information content (AvgIpc) is 3.32. The number of hydrogen-bond acceptors (Lipinski definition) is 6. The first-order valence-electron chi connectivity index (χ1n) is 9.33. The van der Waals surface area contributed by atoms with Crippen LogP contribution in [-0.2, 0) is 14.2 Å². The Kier molecular flexibility index (Phi) is 4.60. The second-order valence-corrected chi connectivity index (χ2v) is 8.11. The Hall–Kier alpha value is -2.53. The predicted molar refractivity (Wildman–Crippen MR) is 101 cm³/mol. The van der Waals surface area contributed by atoms with Crippen molar-refractivity contribution in [3.05, 3.63) is 58.9 Å². The van der Waals surface area contributed by atoms with Crippen LogP contribution in [0.3, 0.4) is 0 Å². The van der Waals surface area contributed by atoms with Crippen molar-refractivity contribution in [2.45, 2.75) is 44.2 Å². The zero-order valence-corrected chi connectivity index (χ0v) is 16.9. The fourth-order valence-electron chi connectivity index (χ4n) is 4.02. The lowest BCUT2D eigenvalue weighted by atomic mass is 10.0. The summed E-state index contributed by atoms with van der Waals surface area (Å²) in [5.41, 5.74) is 0.0565. The highest BCUT2D eigenvalue weighted by Crippen LogP contribution is 2.45. The highest BCUT2D eigenvalue weighted by atomic mass is 35.5. The first kappa shape index (κ1) is 20.4. The van der Waals surface area contributed by atoms with Crippen LogP contribution in [0, 0.1) is 17.5 Å². The lowest BCUT2D eigenvalue weighted by Crippen LogP contribution is -2.35. The quantitative estimate of drug-likeness (QED) is 0.443. The third-order valence-electron chi connectivity index (χ3n) is 5.28. The second-order valence-electron chi connectivity index (χ2n) is 7.75. The number of aromatic nitrogens is 3. The molecule has 2 aromatic heterocycles. The van der Waals surface area contributed by atoms with Gasteiger partial charge in [0.1, 0.15) is 29.3 Å². The summed E-state index contributed by atoms with van der Waals surface area (Å²) in [4.78, 5) is 20.9. The molecule has 7 nitrogen and oxygen atoms in total. The molecule has 5 rings (SSSR count). The van der Waals surface area contributed by atoms with Gasteiger partial charge in [0.15, 0.2) is 41.4 Å². The van der Waals surface area contributed by atoms with Gasteiger partial charge in [-0.1, -0.05) is 11.6 Å². The zero-order chi connectivity index (χ0) is 22.1. The molecule has 2 aliphatic rings. The van der Waals surface area contributed by atoms with Crippen LogP contribution in [0.25, 0.3) is 11.0 Å². The minimum atomic E-state index is -1.21. The molecular weight excluding hydrogens is 439 g/mol. The van der Waals surface area contributed by atoms with E-state index >= 15 is 0 Å². The van der Waals surface area contributed by atoms with E-state index in [1.54, 1.807) is 13.8 Å². The minimum absolute atomic E-state index is 0.00197. The Labute approximate surface area is 178 Å². The van der Waals surface area contributed by atoms with E-state index in [2.05, 4.69) is 9.97 Å². The molecule has 2 aliphatic heterocycles. The van der Waals surface area contributed by atoms with E-state index in [4.69, 9.17) is 25.8 Å². The highest BCUT2D eigenvalue weighted by Gasteiger charge is 2.58. The summed E-state index contributed by atoms with van der Waals surface area (Å²) in [6.07, 6.45) is -1.58. The first-order valence-corrected chi connectivity index (χ1v) is 9.71. The molecule has 1 aromatic carbocycles. The SMILES string of the molecule is CC1(C)O[C@@H]2[C@H](O1)[C@@H](C(=O)c1ccc(F)c(F)c1)O[C@H]2n1cc(F)c2c(Cl)ncnc21. The Morgan fingerprint density at radius 3 is 2.58 bits per heavy atom. The van der Waals surface area contributed by atoms with Gasteiger partial charge in [-0.3, -0.25) is 4.79 Å². The van der Waals surface area contributed by atoms with Crippen LogP contribution in [0.1, 0.15) is 30.4 Å². The summed E-state index contributed by atoms with van der Waals surface area (Å²) in [5, 5.41) is -0.0768. The molecule has 162 valence electrons. The van der Waals surface area contributed by atoms with Gasteiger partial charge in [0.25, 0.3) is 0 Å². The van der Waals surface area contributed by atoms with Crippen molar-refractivity contribution in [2.75, 3.05) is 0 Å². The lowest BCUT2D eigenvalue weighted by molar-refractivity contribution is -0.190. The van der Waals surface area contributed by atoms with Gasteiger partial charge < -0.3 is 18.8 Å². The van der Waals surface area contributed by atoms with Crippen LogP contribution in [0.5, 0.6) is 0 Å². The number of halogens is 4. The number of carbonyl (C=O) groups is 1. The van der Waals surface area contributed by atoms with Crippen LogP contribution < -0.4 is 0 Å². The normalized spacial score (nSPS) is 27.0. The van der Waals surface area contributed by atoms with Gasteiger partial charge in [-0.05, 0) is 32.0 Å². The summed E-state index contributed by atoms with van der Waals surface area (Å²) >= 11 is 6.00. The summed E-state index contributed by atoms with van der Waals surface area (Å²) < 4.78 is 60.6. The van der Waals surface area contributed by atoms with Crippen molar-refractivity contribution in [2.24, 2.45) is 0 Å². The molecular formula is C20H15ClF3N3O4. The van der Waals surface area contributed by atoms with Crippen molar-refractivity contribution < 1.29 is 32.2 Å². The standard InChI is InChI=1S/C20H15ClF3N3O4/c1-20(2)30-15-14(13(28)8-3-4-9(22)10(23)5-8)29-19(16(15)31-20)27-6-11(24)12-17(21)25-7-26-18(12)27/h3-7,14-16,19H,1-2H3/t14-,15-,16-,19-/m1/s1. The smallest absolute Gasteiger partial charge is 0.194 e. The molecule has 0 spiro atoms. The van der Waals surface area contributed by atoms with Gasteiger partial charge in [-0.15, -0.1) is 0 Å². The van der Waals surface area contributed by atoms with Gasteiger partial charge in [-0.2, -0.15) is 0 Å². The molecule has 0 bridgehead atoms. The largest absolute Gasteiger partial charge is 0.341 e. The number of benzene rings is 1. The summed E-state index contributed by atoms with van der Waals surface area (Å²) in [7, 11) is 0. The minimum Gasteiger partial charge on any atom is -0.341 e. The van der Waals surface area contributed by atoms with Crippen LogP contribution in [0.2, 0.25) is 5.15 Å². The molecule has 0 unspecified atom stereocenters. The van der Waals surface area contributed by atoms with Crippen LogP contribution in [0.15, 0.2) is 30.7 Å². The number of ether oxygens (including phenoxy) is 3. The van der Waals surface area contributed by atoms with E-state index < -0.39 is 53.6 Å². The number of ketones is 1. The second kappa shape index (κ2) is 6.99. The zero-order valence-electron chi connectivity index (χ0n) is 16.2. The fourth-order valence-corrected chi connectivity index (χ4v) is 4.24. The third kappa shape index (κ3) is 3.21. The molecule has 0 saturated carbocycles. The lowest BCUT2D eigenvalue weighted by Gasteiger charge is -2.24. The molecule has 4 atom stereocenters. The highest BCUT2D eigenvalue weighted by molar-refractivity contribution is 6.34. The van der Waals surface area contributed by atoms with Crippen molar-refractivity contribution >= 4 is 28.4 Å². The van der Waals surface area contributed by atoms with Gasteiger partial charge in [0.05, 0.1) is 5.39 Å². The predicted octanol–water partition coefficient (Wildman–Crippen LogP) is 3.80. The summed E-state index contributed by atoms with van der Waals surface area (Å²) in [6.45, 7) is 3.32. The van der Waals surface area contributed by atoms with E-state index in [-0.39, 0.29) is 21.7 Å². The summed E-state index contributed by atoms with van der Waals surface area (Å²) in [6, 6.07) is 2.81. The van der Waals surface area contributed by atoms with E-state index in [0.29, 0.717) is 0 Å². The Morgan fingerprint density at radius 2 is 1.84 bits per heavy atom. The number of Topliss-reactive ketones (excluding diaryl/α,β-unsaturated/α-hetero) is 1. The van der Waals surface area contributed by atoms with E-state index in [9.17, 15) is 18.0 Å². The van der Waals surface area contributed by atoms with Gasteiger partial charge in [-0.25, -0.2) is 23.1 Å². The summed E-state index contributed by atoms with van der Waals surface area (Å²) in [5.74, 6) is -4.59. The molecule has 0 N–H and O–H groups in total. The molecule has 11 heteroatoms. The molecule has 3 aromatic rings. The van der Waals surface area contributed by atoms with Crippen LogP contribution in [-0.4, -0.2) is 44.4 Å². The fraction of sp³-hybridized carbons (Fsp3) is 0.350. The molecule has 4 heterocycles. The molecule has 0 aliphatic carbocycles. The van der Waals surface area contributed by atoms with Crippen molar-refractivity contribution in [1.29, 1.82) is 0 Å². The number of nitrogens with zero attached hydrogens (tertiary/aromatic N) is 3. The number of rotatable bonds is 3. The van der Waals surface area contributed by atoms with Crippen LogP contribution >= 0.6 is 11.6 Å². The molecule has 2 saturated heterocycles. The van der Waals surface area contributed by atoms with Gasteiger partial charge >= 0.3 is 0 Å². The van der Waals surface area contributed by atoms with E-state index in [1.165, 1.54) is 10.9 Å². The topological polar surface area (TPSA) is 75.5 Å². The molecule has 31 heavy (non-hydrogen) atoms. The maximum atomic E-state index is 14.6. The van der Waals surface area contributed by atoms with Crippen molar-refractivity contribution in [1.82, 2.24) is 14.5 Å². The monoisotopic (exact) mass is 453 g/mol. The number of fused-ring (bicyclic) bond motifs is 2. The van der Waals surface area contributed by atoms with Crippen LogP contribution in [0.4, 0.5) is 13.2 Å². The van der Waals surface area contributed by atoms with E-state index in [0.717, 1.165) is 24.4 Å². The Balaban J connectivity index is 1.57. The maximum Gasteiger partial charge on any atom is 0.194 e. The number of hydrogen-bond donors (Lipinski definition) is 0. The van der Waals surface area contributed by atoms with Gasteiger partial charge in [0.2, 0.25) is 0 Å². The van der Waals surface area contributed by atoms with E-state index in [1.807, 2.05) is 0 Å².